The maximum Gasteiger partial charge on any atom is 0.239 e. The van der Waals surface area contributed by atoms with Crippen molar-refractivity contribution < 1.29 is 9.32 Å². The molecule has 0 saturated carbocycles. The van der Waals surface area contributed by atoms with Gasteiger partial charge in [0.1, 0.15) is 5.76 Å². The van der Waals surface area contributed by atoms with Crippen molar-refractivity contribution in [2.24, 2.45) is 0 Å². The highest BCUT2D eigenvalue weighted by atomic mass is 16.5. The van der Waals surface area contributed by atoms with Gasteiger partial charge in [0.05, 0.1) is 6.54 Å². The summed E-state index contributed by atoms with van der Waals surface area (Å²) in [7, 11) is 0. The molecule has 0 bridgehead atoms. The monoisotopic (exact) mass is 238 g/mol. The van der Waals surface area contributed by atoms with E-state index in [2.05, 4.69) is 27.6 Å². The van der Waals surface area contributed by atoms with Gasteiger partial charge in [-0.15, -0.1) is 0 Å². The van der Waals surface area contributed by atoms with Crippen LogP contribution in [0.5, 0.6) is 0 Å². The molecule has 1 fully saturated rings. The molecule has 0 radical (unpaired) electrons. The zero-order valence-electron chi connectivity index (χ0n) is 10.2. The summed E-state index contributed by atoms with van der Waals surface area (Å²) in [5.74, 6) is 1.12. The Bertz CT molecular complexity index is 391. The molecule has 2 N–H and O–H groups in total. The SMILES string of the molecule is Cc1cc(NC(=O)CN2CCNC[C@@H]2C)no1. The fourth-order valence-corrected chi connectivity index (χ4v) is 1.91. The molecule has 94 valence electrons. The predicted octanol–water partition coefficient (Wildman–Crippen LogP) is 0.215. The Morgan fingerprint density at radius 3 is 3.24 bits per heavy atom. The summed E-state index contributed by atoms with van der Waals surface area (Å²) in [6, 6.07) is 2.09. The number of anilines is 1. The average Bonchev–Trinajstić information content (AvgIpc) is 2.67. The number of nitrogens with zero attached hydrogens (tertiary/aromatic N) is 2. The number of aryl methyl sites for hydroxylation is 1. The van der Waals surface area contributed by atoms with Crippen LogP contribution < -0.4 is 10.6 Å². The van der Waals surface area contributed by atoms with Crippen molar-refractivity contribution >= 4 is 11.7 Å². The Labute approximate surface area is 100 Å². The van der Waals surface area contributed by atoms with Crippen molar-refractivity contribution in [3.8, 4) is 0 Å². The first-order valence-corrected chi connectivity index (χ1v) is 5.83. The van der Waals surface area contributed by atoms with Crippen molar-refractivity contribution in [2.75, 3.05) is 31.5 Å². The van der Waals surface area contributed by atoms with Gasteiger partial charge in [0, 0.05) is 31.7 Å². The van der Waals surface area contributed by atoms with Crippen LogP contribution in [0.15, 0.2) is 10.6 Å². The third kappa shape index (κ3) is 3.28. The molecule has 0 aromatic carbocycles. The van der Waals surface area contributed by atoms with Crippen LogP contribution in [0, 0.1) is 6.92 Å². The lowest BCUT2D eigenvalue weighted by Gasteiger charge is -2.33. The zero-order valence-corrected chi connectivity index (χ0v) is 10.2. The number of carbonyl (C=O) groups is 1. The molecule has 0 spiro atoms. The molecule has 1 aromatic heterocycles. The molecule has 0 aliphatic carbocycles. The highest BCUT2D eigenvalue weighted by Crippen LogP contribution is 2.08. The predicted molar refractivity (Wildman–Crippen MR) is 63.8 cm³/mol. The number of nitrogens with one attached hydrogen (secondary N) is 2. The Morgan fingerprint density at radius 2 is 2.59 bits per heavy atom. The van der Waals surface area contributed by atoms with E-state index in [0.717, 1.165) is 19.6 Å². The smallest absolute Gasteiger partial charge is 0.239 e. The van der Waals surface area contributed by atoms with E-state index in [0.29, 0.717) is 24.2 Å². The molecule has 2 heterocycles. The fraction of sp³-hybridized carbons (Fsp3) is 0.636. The van der Waals surface area contributed by atoms with Crippen LogP contribution in [0.1, 0.15) is 12.7 Å². The summed E-state index contributed by atoms with van der Waals surface area (Å²) >= 11 is 0. The topological polar surface area (TPSA) is 70.4 Å². The molecular formula is C11H18N4O2. The molecule has 1 atom stereocenters. The lowest BCUT2D eigenvalue weighted by molar-refractivity contribution is -0.118. The van der Waals surface area contributed by atoms with Gasteiger partial charge in [-0.1, -0.05) is 5.16 Å². The van der Waals surface area contributed by atoms with E-state index in [9.17, 15) is 4.79 Å². The lowest BCUT2D eigenvalue weighted by atomic mass is 10.2. The van der Waals surface area contributed by atoms with Gasteiger partial charge in [-0.25, -0.2) is 0 Å². The van der Waals surface area contributed by atoms with Gasteiger partial charge in [-0.05, 0) is 13.8 Å². The third-order valence-corrected chi connectivity index (χ3v) is 2.88. The van der Waals surface area contributed by atoms with Crippen molar-refractivity contribution in [3.05, 3.63) is 11.8 Å². The van der Waals surface area contributed by atoms with Gasteiger partial charge < -0.3 is 15.2 Å². The highest BCUT2D eigenvalue weighted by Gasteiger charge is 2.20. The average molecular weight is 238 g/mol. The second kappa shape index (κ2) is 5.29. The summed E-state index contributed by atoms with van der Waals surface area (Å²) in [5.41, 5.74) is 0. The summed E-state index contributed by atoms with van der Waals surface area (Å²) in [6.07, 6.45) is 0. The quantitative estimate of drug-likeness (QED) is 0.788. The minimum absolute atomic E-state index is 0.0490. The van der Waals surface area contributed by atoms with Crippen LogP contribution in [-0.4, -0.2) is 48.2 Å². The Morgan fingerprint density at radius 1 is 1.76 bits per heavy atom. The first-order valence-electron chi connectivity index (χ1n) is 5.83. The second-order valence-electron chi connectivity index (χ2n) is 4.39. The van der Waals surface area contributed by atoms with Crippen LogP contribution in [0.4, 0.5) is 5.82 Å². The molecule has 6 nitrogen and oxygen atoms in total. The molecule has 1 aliphatic heterocycles. The fourth-order valence-electron chi connectivity index (χ4n) is 1.91. The van der Waals surface area contributed by atoms with Crippen LogP contribution >= 0.6 is 0 Å². The third-order valence-electron chi connectivity index (χ3n) is 2.88. The van der Waals surface area contributed by atoms with Gasteiger partial charge in [0.2, 0.25) is 5.91 Å². The Hall–Kier alpha value is -1.40. The summed E-state index contributed by atoms with van der Waals surface area (Å²) in [4.78, 5) is 13.9. The Kier molecular flexibility index (Phi) is 3.75. The maximum atomic E-state index is 11.8. The van der Waals surface area contributed by atoms with E-state index in [-0.39, 0.29) is 5.91 Å². The molecule has 6 heteroatoms. The van der Waals surface area contributed by atoms with Crippen LogP contribution in [0.25, 0.3) is 0 Å². The first kappa shape index (κ1) is 12.1. The van der Waals surface area contributed by atoms with E-state index in [1.807, 2.05) is 0 Å². The summed E-state index contributed by atoms with van der Waals surface area (Å²) in [5, 5.41) is 9.74. The number of amides is 1. The summed E-state index contributed by atoms with van der Waals surface area (Å²) in [6.45, 7) is 7.05. The normalized spacial score (nSPS) is 21.4. The number of hydrogen-bond acceptors (Lipinski definition) is 5. The van der Waals surface area contributed by atoms with Gasteiger partial charge >= 0.3 is 0 Å². The van der Waals surface area contributed by atoms with Crippen molar-refractivity contribution in [2.45, 2.75) is 19.9 Å². The number of aromatic nitrogens is 1. The Balaban J connectivity index is 1.84. The van der Waals surface area contributed by atoms with Crippen molar-refractivity contribution in [1.29, 1.82) is 0 Å². The minimum atomic E-state index is -0.0490. The van der Waals surface area contributed by atoms with Crippen LogP contribution in [0.3, 0.4) is 0 Å². The number of piperazine rings is 1. The minimum Gasteiger partial charge on any atom is -0.360 e. The summed E-state index contributed by atoms with van der Waals surface area (Å²) < 4.78 is 4.89. The second-order valence-corrected chi connectivity index (χ2v) is 4.39. The number of hydrogen-bond donors (Lipinski definition) is 2. The molecular weight excluding hydrogens is 220 g/mol. The molecule has 1 amide bonds. The van der Waals surface area contributed by atoms with Gasteiger partial charge in [-0.3, -0.25) is 9.69 Å². The zero-order chi connectivity index (χ0) is 12.3. The molecule has 2 rings (SSSR count). The van der Waals surface area contributed by atoms with Gasteiger partial charge in [0.25, 0.3) is 0 Å². The van der Waals surface area contributed by atoms with E-state index >= 15 is 0 Å². The standard InChI is InChI=1S/C11H18N4O2/c1-8-6-12-3-4-15(8)7-11(16)13-10-5-9(2)17-14-10/h5,8,12H,3-4,6-7H2,1-2H3,(H,13,14,16)/t8-/m0/s1. The largest absolute Gasteiger partial charge is 0.360 e. The highest BCUT2D eigenvalue weighted by molar-refractivity contribution is 5.91. The number of rotatable bonds is 3. The molecule has 0 unspecified atom stereocenters. The first-order chi connectivity index (χ1) is 8.15. The molecule has 1 saturated heterocycles. The lowest BCUT2D eigenvalue weighted by Crippen LogP contribution is -2.52. The van der Waals surface area contributed by atoms with Crippen LogP contribution in [-0.2, 0) is 4.79 Å². The molecule has 17 heavy (non-hydrogen) atoms. The van der Waals surface area contributed by atoms with Gasteiger partial charge in [-0.2, -0.15) is 0 Å². The van der Waals surface area contributed by atoms with Crippen molar-refractivity contribution in [3.63, 3.8) is 0 Å². The van der Waals surface area contributed by atoms with Crippen LogP contribution in [0.2, 0.25) is 0 Å². The molecule has 1 aromatic rings. The van der Waals surface area contributed by atoms with E-state index in [4.69, 9.17) is 4.52 Å². The maximum absolute atomic E-state index is 11.8. The van der Waals surface area contributed by atoms with Crippen molar-refractivity contribution in [1.82, 2.24) is 15.4 Å². The molecule has 1 aliphatic rings. The van der Waals surface area contributed by atoms with E-state index < -0.39 is 0 Å². The van der Waals surface area contributed by atoms with E-state index in [1.54, 1.807) is 13.0 Å². The van der Waals surface area contributed by atoms with E-state index in [1.165, 1.54) is 0 Å². The number of carbonyl (C=O) groups excluding carboxylic acids is 1. The van der Waals surface area contributed by atoms with Gasteiger partial charge in [0.15, 0.2) is 5.82 Å².